The second kappa shape index (κ2) is 5.33. The molecule has 3 aromatic rings. The number of imidazole rings is 1. The molecule has 0 fully saturated rings. The normalized spacial score (nSPS) is 12.8. The van der Waals surface area contributed by atoms with E-state index in [1.807, 2.05) is 18.4 Å². The fourth-order valence-electron chi connectivity index (χ4n) is 2.26. The summed E-state index contributed by atoms with van der Waals surface area (Å²) in [4.78, 5) is 17.1. The number of hydrogen-bond acceptors (Lipinski definition) is 6. The first-order chi connectivity index (χ1) is 10.2. The monoisotopic (exact) mass is 307 g/mol. The second-order valence-corrected chi connectivity index (χ2v) is 4.84. The highest BCUT2D eigenvalue weighted by Crippen LogP contribution is 2.28. The summed E-state index contributed by atoms with van der Waals surface area (Å²) in [7, 11) is 1.54. The van der Waals surface area contributed by atoms with E-state index in [9.17, 15) is 0 Å². The Bertz CT molecular complexity index is 782. The van der Waals surface area contributed by atoms with Crippen LogP contribution < -0.4 is 4.74 Å². The molecule has 0 aliphatic rings. The van der Waals surface area contributed by atoms with E-state index in [0.717, 1.165) is 5.76 Å². The van der Waals surface area contributed by atoms with Crippen molar-refractivity contribution in [2.45, 2.75) is 25.8 Å². The van der Waals surface area contributed by atoms with Gasteiger partial charge in [-0.1, -0.05) is 0 Å². The van der Waals surface area contributed by atoms with Crippen molar-refractivity contribution in [1.29, 1.82) is 0 Å². The van der Waals surface area contributed by atoms with E-state index in [-0.39, 0.29) is 11.9 Å². The molecular formula is C13H14ClN5O2. The number of aromatic nitrogens is 5. The van der Waals surface area contributed by atoms with Gasteiger partial charge in [0, 0.05) is 0 Å². The average Bonchev–Trinajstić information content (AvgIpc) is 3.09. The van der Waals surface area contributed by atoms with E-state index in [1.165, 1.54) is 6.33 Å². The fraction of sp³-hybridized carbons (Fsp3) is 0.385. The van der Waals surface area contributed by atoms with E-state index >= 15 is 0 Å². The molecule has 8 heteroatoms. The first kappa shape index (κ1) is 13.8. The summed E-state index contributed by atoms with van der Waals surface area (Å²) in [6.07, 6.45) is 3.12. The molecule has 1 atom stereocenters. The van der Waals surface area contributed by atoms with Gasteiger partial charge in [0.25, 0.3) is 0 Å². The number of halogens is 1. The van der Waals surface area contributed by atoms with Crippen molar-refractivity contribution in [3.63, 3.8) is 0 Å². The number of hydrogen-bond donors (Lipinski definition) is 0. The van der Waals surface area contributed by atoms with Gasteiger partial charge in [-0.25, -0.2) is 15.0 Å². The number of methoxy groups -OCH3 is 1. The van der Waals surface area contributed by atoms with Crippen LogP contribution >= 0.6 is 11.6 Å². The molecule has 110 valence electrons. The zero-order chi connectivity index (χ0) is 15.0. The van der Waals surface area contributed by atoms with E-state index in [1.54, 1.807) is 13.3 Å². The minimum absolute atomic E-state index is 0.183. The van der Waals surface area contributed by atoms with Crippen LogP contribution in [0.1, 0.15) is 30.4 Å². The van der Waals surface area contributed by atoms with Crippen LogP contribution in [-0.2, 0) is 5.88 Å². The van der Waals surface area contributed by atoms with Crippen molar-refractivity contribution in [1.82, 2.24) is 24.5 Å². The third kappa shape index (κ3) is 2.23. The van der Waals surface area contributed by atoms with Crippen LogP contribution in [0.15, 0.2) is 16.9 Å². The van der Waals surface area contributed by atoms with Crippen molar-refractivity contribution < 1.29 is 9.15 Å². The Balaban J connectivity index is 2.21. The van der Waals surface area contributed by atoms with Gasteiger partial charge in [0.15, 0.2) is 11.2 Å². The molecule has 0 bridgehead atoms. The van der Waals surface area contributed by atoms with Gasteiger partial charge in [-0.3, -0.25) is 4.57 Å². The lowest BCUT2D eigenvalue weighted by molar-refractivity contribution is 0.401. The summed E-state index contributed by atoms with van der Waals surface area (Å²) >= 11 is 6.01. The maximum absolute atomic E-state index is 6.01. The van der Waals surface area contributed by atoms with Crippen molar-refractivity contribution in [3.05, 3.63) is 30.0 Å². The molecule has 1 unspecified atom stereocenters. The molecule has 0 radical (unpaired) electrons. The summed E-state index contributed by atoms with van der Waals surface area (Å²) in [6, 6.07) is -0.183. The van der Waals surface area contributed by atoms with Gasteiger partial charge >= 0.3 is 0 Å². The predicted molar refractivity (Wildman–Crippen MR) is 76.5 cm³/mol. The summed E-state index contributed by atoms with van der Waals surface area (Å²) in [5.74, 6) is 2.65. The molecule has 0 spiro atoms. The van der Waals surface area contributed by atoms with Crippen LogP contribution in [0.5, 0.6) is 5.88 Å². The number of ether oxygens (including phenoxy) is 1. The van der Waals surface area contributed by atoms with Gasteiger partial charge in [-0.2, -0.15) is 4.98 Å². The van der Waals surface area contributed by atoms with E-state index < -0.39 is 0 Å². The zero-order valence-corrected chi connectivity index (χ0v) is 12.6. The predicted octanol–water partition coefficient (Wildman–Crippen LogP) is 2.48. The molecule has 3 heterocycles. The van der Waals surface area contributed by atoms with Gasteiger partial charge in [0.1, 0.15) is 24.0 Å². The Morgan fingerprint density at radius 1 is 1.38 bits per heavy atom. The van der Waals surface area contributed by atoms with Gasteiger partial charge in [0.05, 0.1) is 19.2 Å². The molecule has 7 nitrogen and oxygen atoms in total. The summed E-state index contributed by atoms with van der Waals surface area (Å²) in [5, 5.41) is 0. The number of alkyl halides is 1. The molecule has 21 heavy (non-hydrogen) atoms. The molecule has 0 saturated carbocycles. The first-order valence-corrected chi connectivity index (χ1v) is 6.93. The number of nitrogens with zero attached hydrogens (tertiary/aromatic N) is 5. The van der Waals surface area contributed by atoms with Crippen molar-refractivity contribution in [2.75, 3.05) is 7.11 Å². The second-order valence-electron chi connectivity index (χ2n) is 4.57. The van der Waals surface area contributed by atoms with Gasteiger partial charge < -0.3 is 9.15 Å². The van der Waals surface area contributed by atoms with Crippen LogP contribution in [-0.4, -0.2) is 31.6 Å². The Labute approximate surface area is 126 Å². The topological polar surface area (TPSA) is 78.9 Å². The van der Waals surface area contributed by atoms with E-state index in [2.05, 4.69) is 19.9 Å². The lowest BCUT2D eigenvalue weighted by atomic mass is 10.3. The maximum atomic E-state index is 6.01. The molecular weight excluding hydrogens is 294 g/mol. The molecule has 0 N–H and O–H groups in total. The molecule has 3 rings (SSSR count). The maximum Gasteiger partial charge on any atom is 0.245 e. The van der Waals surface area contributed by atoms with Crippen LogP contribution in [0.2, 0.25) is 0 Å². The van der Waals surface area contributed by atoms with E-state index in [4.69, 9.17) is 20.8 Å². The van der Waals surface area contributed by atoms with Crippen molar-refractivity contribution >= 4 is 22.8 Å². The molecule has 0 aliphatic carbocycles. The van der Waals surface area contributed by atoms with Crippen LogP contribution in [0, 0.1) is 6.92 Å². The third-order valence-electron chi connectivity index (χ3n) is 3.21. The molecule has 0 amide bonds. The summed E-state index contributed by atoms with van der Waals surface area (Å²) < 4.78 is 12.7. The standard InChI is InChI=1S/C13H14ClN5O2/c1-7-5-15-12(21-7)8(2)19-9(4-14)18-10-11(19)16-6-17-13(10)20-3/h5-6,8H,4H2,1-3H3. The Hall–Kier alpha value is -2.15. The lowest BCUT2D eigenvalue weighted by Crippen LogP contribution is -2.11. The van der Waals surface area contributed by atoms with Gasteiger partial charge in [-0.15, -0.1) is 11.6 Å². The number of oxazole rings is 1. The van der Waals surface area contributed by atoms with Crippen LogP contribution in [0.4, 0.5) is 0 Å². The highest BCUT2D eigenvalue weighted by atomic mass is 35.5. The van der Waals surface area contributed by atoms with Crippen LogP contribution in [0.3, 0.4) is 0 Å². The van der Waals surface area contributed by atoms with Crippen molar-refractivity contribution in [2.24, 2.45) is 0 Å². The van der Waals surface area contributed by atoms with Crippen LogP contribution in [0.25, 0.3) is 11.2 Å². The Morgan fingerprint density at radius 3 is 2.81 bits per heavy atom. The highest BCUT2D eigenvalue weighted by Gasteiger charge is 2.23. The SMILES string of the molecule is COc1ncnc2c1nc(CCl)n2C(C)c1ncc(C)o1. The molecule has 0 saturated heterocycles. The van der Waals surface area contributed by atoms with Gasteiger partial charge in [0.2, 0.25) is 11.8 Å². The lowest BCUT2D eigenvalue weighted by Gasteiger charge is -2.12. The Morgan fingerprint density at radius 2 is 2.19 bits per heavy atom. The summed E-state index contributed by atoms with van der Waals surface area (Å²) in [5.41, 5.74) is 1.21. The number of aryl methyl sites for hydroxylation is 1. The molecule has 0 aliphatic heterocycles. The third-order valence-corrected chi connectivity index (χ3v) is 3.45. The minimum atomic E-state index is -0.183. The fourth-order valence-corrected chi connectivity index (χ4v) is 2.45. The quantitative estimate of drug-likeness (QED) is 0.689. The minimum Gasteiger partial charge on any atom is -0.479 e. The largest absolute Gasteiger partial charge is 0.479 e. The first-order valence-electron chi connectivity index (χ1n) is 6.39. The van der Waals surface area contributed by atoms with Gasteiger partial charge in [-0.05, 0) is 13.8 Å². The van der Waals surface area contributed by atoms with Crippen molar-refractivity contribution in [3.8, 4) is 5.88 Å². The zero-order valence-electron chi connectivity index (χ0n) is 11.9. The number of fused-ring (bicyclic) bond motifs is 1. The van der Waals surface area contributed by atoms with E-state index in [0.29, 0.717) is 28.8 Å². The average molecular weight is 308 g/mol. The smallest absolute Gasteiger partial charge is 0.245 e. The summed E-state index contributed by atoms with van der Waals surface area (Å²) in [6.45, 7) is 3.81. The molecule has 3 aromatic heterocycles. The Kier molecular flexibility index (Phi) is 3.50. The number of rotatable bonds is 4. The molecule has 0 aromatic carbocycles. The highest BCUT2D eigenvalue weighted by molar-refractivity contribution is 6.16.